The third kappa shape index (κ3) is 7.26. The lowest BCUT2D eigenvalue weighted by Gasteiger charge is -2.48. The summed E-state index contributed by atoms with van der Waals surface area (Å²) in [4.78, 5) is 0. The second-order valence-electron chi connectivity index (χ2n) is 11.6. The summed E-state index contributed by atoms with van der Waals surface area (Å²) >= 11 is 0. The zero-order chi connectivity index (χ0) is 22.6. The van der Waals surface area contributed by atoms with Crippen molar-refractivity contribution in [3.8, 4) is 11.5 Å². The number of allylic oxidation sites excluding steroid dienone is 6. The molecular formula is C27H44O2Si. The summed E-state index contributed by atoms with van der Waals surface area (Å²) in [6.07, 6.45) is 12.3. The Morgan fingerprint density at radius 2 is 1.70 bits per heavy atom. The topological polar surface area (TPSA) is 18.5 Å². The predicted molar refractivity (Wildman–Crippen MR) is 132 cm³/mol. The molecule has 1 aliphatic heterocycles. The molecule has 0 radical (unpaired) electrons. The SMILES string of the molecule is C/C=C\C1=C(C(C)(C)C)CC2(COC(C)(C)OC2)C/C1=C\CCCC#C[Si](C)(C)C. The number of rotatable bonds is 4. The van der Waals surface area contributed by atoms with Crippen LogP contribution in [-0.2, 0) is 9.47 Å². The molecule has 1 fully saturated rings. The Labute approximate surface area is 187 Å². The van der Waals surface area contributed by atoms with Crippen LogP contribution in [0, 0.1) is 22.3 Å². The first-order valence-corrected chi connectivity index (χ1v) is 15.1. The Hall–Kier alpha value is -1.08. The number of ether oxygens (including phenoxy) is 2. The van der Waals surface area contributed by atoms with Crippen LogP contribution < -0.4 is 0 Å². The van der Waals surface area contributed by atoms with E-state index < -0.39 is 13.9 Å². The molecule has 1 heterocycles. The maximum atomic E-state index is 6.15. The summed E-state index contributed by atoms with van der Waals surface area (Å²) in [5.74, 6) is 2.94. The molecule has 0 N–H and O–H groups in total. The molecule has 30 heavy (non-hydrogen) atoms. The molecule has 0 atom stereocenters. The van der Waals surface area contributed by atoms with Crippen LogP contribution >= 0.6 is 0 Å². The van der Waals surface area contributed by atoms with Crippen molar-refractivity contribution in [3.63, 3.8) is 0 Å². The molecule has 0 amide bonds. The number of hydrogen-bond donors (Lipinski definition) is 0. The fraction of sp³-hybridized carbons (Fsp3) is 0.704. The average molecular weight is 429 g/mol. The van der Waals surface area contributed by atoms with Gasteiger partial charge in [-0.25, -0.2) is 0 Å². The van der Waals surface area contributed by atoms with Gasteiger partial charge in [0.05, 0.1) is 13.2 Å². The molecule has 1 aliphatic carbocycles. The van der Waals surface area contributed by atoms with E-state index in [0.717, 1.165) is 45.3 Å². The van der Waals surface area contributed by atoms with Crippen LogP contribution in [0.3, 0.4) is 0 Å². The van der Waals surface area contributed by atoms with Gasteiger partial charge in [0.2, 0.25) is 0 Å². The highest BCUT2D eigenvalue weighted by Gasteiger charge is 2.45. The zero-order valence-corrected chi connectivity index (χ0v) is 22.0. The maximum absolute atomic E-state index is 6.15. The third-order valence-electron chi connectivity index (χ3n) is 5.84. The largest absolute Gasteiger partial charge is 0.350 e. The number of unbranched alkanes of at least 4 members (excludes halogenated alkanes) is 2. The third-order valence-corrected chi connectivity index (χ3v) is 6.77. The van der Waals surface area contributed by atoms with E-state index in [1.165, 1.54) is 16.7 Å². The molecule has 0 bridgehead atoms. The predicted octanol–water partition coefficient (Wildman–Crippen LogP) is 7.45. The molecule has 0 aromatic carbocycles. The Balaban J connectivity index is 2.28. The Morgan fingerprint density at radius 1 is 1.07 bits per heavy atom. The Bertz CT molecular complexity index is 747. The molecule has 3 heteroatoms. The summed E-state index contributed by atoms with van der Waals surface area (Å²) in [6, 6.07) is 0. The molecule has 168 valence electrons. The highest BCUT2D eigenvalue weighted by atomic mass is 28.3. The molecule has 0 unspecified atom stereocenters. The lowest BCUT2D eigenvalue weighted by Crippen LogP contribution is -2.48. The molecular weight excluding hydrogens is 384 g/mol. The summed E-state index contributed by atoms with van der Waals surface area (Å²) in [5, 5.41) is 0. The van der Waals surface area contributed by atoms with Crippen molar-refractivity contribution >= 4 is 8.07 Å². The van der Waals surface area contributed by atoms with Crippen LogP contribution in [0.15, 0.2) is 34.9 Å². The molecule has 2 nitrogen and oxygen atoms in total. The first-order chi connectivity index (χ1) is 13.8. The van der Waals surface area contributed by atoms with Gasteiger partial charge in [0, 0.05) is 11.8 Å². The van der Waals surface area contributed by atoms with Crippen molar-refractivity contribution in [1.82, 2.24) is 0 Å². The molecule has 1 saturated heterocycles. The first-order valence-electron chi connectivity index (χ1n) is 11.6. The van der Waals surface area contributed by atoms with Crippen molar-refractivity contribution in [1.29, 1.82) is 0 Å². The monoisotopic (exact) mass is 428 g/mol. The smallest absolute Gasteiger partial charge is 0.162 e. The van der Waals surface area contributed by atoms with Crippen molar-refractivity contribution in [3.05, 3.63) is 34.9 Å². The van der Waals surface area contributed by atoms with Gasteiger partial charge in [0.15, 0.2) is 5.79 Å². The lowest BCUT2D eigenvalue weighted by molar-refractivity contribution is -0.285. The van der Waals surface area contributed by atoms with Crippen molar-refractivity contribution < 1.29 is 9.47 Å². The van der Waals surface area contributed by atoms with Gasteiger partial charge in [-0.3, -0.25) is 0 Å². The summed E-state index contributed by atoms with van der Waals surface area (Å²) in [5.41, 5.74) is 8.09. The number of hydrogen-bond acceptors (Lipinski definition) is 2. The highest BCUT2D eigenvalue weighted by molar-refractivity contribution is 6.83. The average Bonchev–Trinajstić information content (AvgIpc) is 2.61. The van der Waals surface area contributed by atoms with E-state index in [-0.39, 0.29) is 10.8 Å². The van der Waals surface area contributed by atoms with E-state index in [1.807, 2.05) is 13.8 Å². The van der Waals surface area contributed by atoms with E-state index in [1.54, 1.807) is 0 Å². The fourth-order valence-electron chi connectivity index (χ4n) is 4.19. The normalized spacial score (nSPS) is 23.2. The standard InChI is InChI=1S/C27H44O2Si/c1-10-15-23-22(16-13-11-12-14-17-30(7,8)9)18-27(19-24(23)25(2,3)4)20-28-26(5,6)29-21-27/h10,15-16H,11-13,18-21H2,1-9H3/b15-10-,22-16+. The second-order valence-corrected chi connectivity index (χ2v) is 16.4. The molecule has 1 spiro atoms. The second kappa shape index (κ2) is 9.59. The van der Waals surface area contributed by atoms with Gasteiger partial charge < -0.3 is 9.47 Å². The van der Waals surface area contributed by atoms with E-state index in [4.69, 9.17) is 9.47 Å². The Morgan fingerprint density at radius 3 is 2.23 bits per heavy atom. The molecule has 2 rings (SSSR count). The molecule has 2 aliphatic rings. The van der Waals surface area contributed by atoms with Crippen LogP contribution in [0.2, 0.25) is 19.6 Å². The minimum Gasteiger partial charge on any atom is -0.350 e. The maximum Gasteiger partial charge on any atom is 0.162 e. The van der Waals surface area contributed by atoms with E-state index in [2.05, 4.69) is 77.0 Å². The summed E-state index contributed by atoms with van der Waals surface area (Å²) in [7, 11) is -1.26. The fourth-order valence-corrected chi connectivity index (χ4v) is 4.84. The van der Waals surface area contributed by atoms with Gasteiger partial charge >= 0.3 is 0 Å². The van der Waals surface area contributed by atoms with Crippen LogP contribution in [0.5, 0.6) is 0 Å². The highest BCUT2D eigenvalue weighted by Crippen LogP contribution is 2.51. The van der Waals surface area contributed by atoms with Gasteiger partial charge in [-0.05, 0) is 63.0 Å². The minimum atomic E-state index is -1.26. The van der Waals surface area contributed by atoms with Crippen LogP contribution in [0.1, 0.15) is 73.6 Å². The summed E-state index contributed by atoms with van der Waals surface area (Å²) in [6.45, 7) is 21.6. The first kappa shape index (κ1) is 25.2. The van der Waals surface area contributed by atoms with Crippen LogP contribution in [0.4, 0.5) is 0 Å². The van der Waals surface area contributed by atoms with Gasteiger partial charge in [0.25, 0.3) is 0 Å². The molecule has 0 saturated carbocycles. The Kier molecular flexibility index (Phi) is 8.05. The van der Waals surface area contributed by atoms with Crippen molar-refractivity contribution in [2.75, 3.05) is 13.2 Å². The van der Waals surface area contributed by atoms with Gasteiger partial charge in [-0.2, -0.15) is 0 Å². The van der Waals surface area contributed by atoms with Gasteiger partial charge in [-0.15, -0.1) is 11.5 Å². The van der Waals surface area contributed by atoms with Gasteiger partial charge in [0.1, 0.15) is 8.07 Å². The quantitative estimate of drug-likeness (QED) is 0.263. The molecule has 0 aromatic rings. The lowest BCUT2D eigenvalue weighted by atomic mass is 9.64. The van der Waals surface area contributed by atoms with Crippen LogP contribution in [0.25, 0.3) is 0 Å². The van der Waals surface area contributed by atoms with E-state index in [9.17, 15) is 0 Å². The minimum absolute atomic E-state index is 0.0483. The molecule has 0 aromatic heterocycles. The van der Waals surface area contributed by atoms with E-state index in [0.29, 0.717) is 0 Å². The van der Waals surface area contributed by atoms with Crippen LogP contribution in [-0.4, -0.2) is 27.1 Å². The summed E-state index contributed by atoms with van der Waals surface area (Å²) < 4.78 is 12.3. The van der Waals surface area contributed by atoms with Crippen molar-refractivity contribution in [2.24, 2.45) is 10.8 Å². The van der Waals surface area contributed by atoms with E-state index >= 15 is 0 Å². The van der Waals surface area contributed by atoms with Crippen molar-refractivity contribution in [2.45, 2.75) is 99.1 Å². The zero-order valence-electron chi connectivity index (χ0n) is 21.0. The van der Waals surface area contributed by atoms with Gasteiger partial charge in [-0.1, -0.05) is 64.2 Å².